The first-order chi connectivity index (χ1) is 8.77. The maximum Gasteiger partial charge on any atom is 0.0680 e. The molecule has 106 valence electrons. The van der Waals surface area contributed by atoms with Gasteiger partial charge in [0, 0.05) is 16.9 Å². The van der Waals surface area contributed by atoms with Crippen molar-refractivity contribution in [2.24, 2.45) is 11.7 Å². The largest absolute Gasteiger partial charge is 0.369 e. The molecular weight excluding hydrogens is 254 g/mol. The van der Waals surface area contributed by atoms with Gasteiger partial charge in [-0.05, 0) is 52.0 Å². The molecule has 1 saturated heterocycles. The Morgan fingerprint density at radius 1 is 1.26 bits per heavy atom. The molecule has 0 aliphatic carbocycles. The van der Waals surface area contributed by atoms with Crippen molar-refractivity contribution in [3.05, 3.63) is 29.8 Å². The van der Waals surface area contributed by atoms with E-state index in [-0.39, 0.29) is 17.2 Å². The molecule has 2 nitrogen and oxygen atoms in total. The Hall–Kier alpha value is -0.510. The number of nitrogens with two attached hydrogens (primary N) is 1. The number of ether oxygens (including phenoxy) is 1. The highest BCUT2D eigenvalue weighted by molar-refractivity contribution is 7.98. The van der Waals surface area contributed by atoms with Crippen LogP contribution in [0, 0.1) is 5.92 Å². The van der Waals surface area contributed by atoms with Gasteiger partial charge in [-0.15, -0.1) is 11.8 Å². The molecule has 1 aromatic carbocycles. The summed E-state index contributed by atoms with van der Waals surface area (Å²) in [4.78, 5) is 1.27. The maximum atomic E-state index is 6.58. The molecular formula is C16H25NOS. The van der Waals surface area contributed by atoms with E-state index in [0.29, 0.717) is 5.92 Å². The summed E-state index contributed by atoms with van der Waals surface area (Å²) in [7, 11) is 0. The van der Waals surface area contributed by atoms with Crippen molar-refractivity contribution in [1.82, 2.24) is 0 Å². The lowest BCUT2D eigenvalue weighted by molar-refractivity contribution is -0.0767. The molecule has 2 rings (SSSR count). The van der Waals surface area contributed by atoms with Crippen molar-refractivity contribution in [1.29, 1.82) is 0 Å². The first kappa shape index (κ1) is 14.9. The minimum absolute atomic E-state index is 0.0282. The van der Waals surface area contributed by atoms with Crippen LogP contribution in [0.15, 0.2) is 29.2 Å². The molecule has 1 fully saturated rings. The molecule has 2 atom stereocenters. The Balaban J connectivity index is 2.31. The van der Waals surface area contributed by atoms with Gasteiger partial charge in [0.15, 0.2) is 0 Å². The van der Waals surface area contributed by atoms with E-state index in [4.69, 9.17) is 10.5 Å². The van der Waals surface area contributed by atoms with Crippen LogP contribution < -0.4 is 5.73 Å². The lowest BCUT2D eigenvalue weighted by atomic mass is 9.79. The number of rotatable bonds is 3. The quantitative estimate of drug-likeness (QED) is 0.849. The zero-order valence-electron chi connectivity index (χ0n) is 12.6. The van der Waals surface area contributed by atoms with Crippen LogP contribution in [0.3, 0.4) is 0 Å². The summed E-state index contributed by atoms with van der Waals surface area (Å²) >= 11 is 1.76. The van der Waals surface area contributed by atoms with Crippen LogP contribution in [0.2, 0.25) is 0 Å². The maximum absolute atomic E-state index is 6.58. The van der Waals surface area contributed by atoms with E-state index in [1.807, 2.05) is 0 Å². The number of hydrogen-bond donors (Lipinski definition) is 1. The van der Waals surface area contributed by atoms with Crippen molar-refractivity contribution in [2.75, 3.05) is 6.26 Å². The van der Waals surface area contributed by atoms with Crippen LogP contribution in [0.5, 0.6) is 0 Å². The third-order valence-electron chi connectivity index (χ3n) is 4.08. The molecule has 1 aliphatic heterocycles. The third-order valence-corrected chi connectivity index (χ3v) is 4.89. The van der Waals surface area contributed by atoms with E-state index in [9.17, 15) is 0 Å². The Labute approximate surface area is 121 Å². The van der Waals surface area contributed by atoms with Gasteiger partial charge in [-0.2, -0.15) is 0 Å². The minimum atomic E-state index is -0.172. The fourth-order valence-corrected chi connectivity index (χ4v) is 3.98. The van der Waals surface area contributed by atoms with E-state index >= 15 is 0 Å². The van der Waals surface area contributed by atoms with Crippen LogP contribution in [0.4, 0.5) is 0 Å². The summed E-state index contributed by atoms with van der Waals surface area (Å²) in [6.07, 6.45) is 3.11. The number of hydrogen-bond acceptors (Lipinski definition) is 3. The van der Waals surface area contributed by atoms with Crippen LogP contribution in [0.25, 0.3) is 0 Å². The monoisotopic (exact) mass is 279 g/mol. The van der Waals surface area contributed by atoms with Crippen LogP contribution in [0.1, 0.15) is 45.7 Å². The zero-order chi connectivity index (χ0) is 14.3. The summed E-state index contributed by atoms with van der Waals surface area (Å²) in [5, 5.41) is 0. The van der Waals surface area contributed by atoms with Crippen LogP contribution >= 0.6 is 11.8 Å². The number of thioether (sulfide) groups is 1. The molecule has 1 heterocycles. The molecule has 19 heavy (non-hydrogen) atoms. The molecule has 0 aromatic heterocycles. The predicted octanol–water partition coefficient (Wildman–Crippen LogP) is 4.00. The van der Waals surface area contributed by atoms with Gasteiger partial charge < -0.3 is 10.5 Å². The second kappa shape index (κ2) is 5.12. The number of benzene rings is 1. The Bertz CT molecular complexity index is 456. The van der Waals surface area contributed by atoms with Crippen molar-refractivity contribution in [3.8, 4) is 0 Å². The fourth-order valence-electron chi connectivity index (χ4n) is 3.32. The third kappa shape index (κ3) is 2.99. The van der Waals surface area contributed by atoms with E-state index in [2.05, 4.69) is 58.2 Å². The first-order valence-corrected chi connectivity index (χ1v) is 8.08. The Morgan fingerprint density at radius 3 is 2.42 bits per heavy atom. The zero-order valence-corrected chi connectivity index (χ0v) is 13.4. The average molecular weight is 279 g/mol. The van der Waals surface area contributed by atoms with Crippen LogP contribution in [-0.2, 0) is 4.74 Å². The second-order valence-corrected chi connectivity index (χ2v) is 7.39. The second-order valence-electron chi connectivity index (χ2n) is 6.54. The van der Waals surface area contributed by atoms with Gasteiger partial charge in [0.1, 0.15) is 0 Å². The van der Waals surface area contributed by atoms with E-state index < -0.39 is 0 Å². The lowest BCUT2D eigenvalue weighted by Gasteiger charge is -2.31. The normalized spacial score (nSPS) is 26.3. The summed E-state index contributed by atoms with van der Waals surface area (Å²) in [5.74, 6) is 0.343. The SMILES string of the molecule is CSc1ccccc1C(N)C1CC(C)(C)OC1(C)C. The molecule has 0 saturated carbocycles. The molecule has 2 unspecified atom stereocenters. The predicted molar refractivity (Wildman–Crippen MR) is 82.5 cm³/mol. The van der Waals surface area contributed by atoms with Gasteiger partial charge in [-0.3, -0.25) is 0 Å². The summed E-state index contributed by atoms with van der Waals surface area (Å²) in [6, 6.07) is 8.47. The van der Waals surface area contributed by atoms with Gasteiger partial charge in [-0.25, -0.2) is 0 Å². The van der Waals surface area contributed by atoms with Crippen molar-refractivity contribution < 1.29 is 4.74 Å². The molecule has 2 N–H and O–H groups in total. The Kier molecular flexibility index (Phi) is 4.01. The van der Waals surface area contributed by atoms with Crippen LogP contribution in [-0.4, -0.2) is 17.5 Å². The summed E-state index contributed by atoms with van der Waals surface area (Å²) in [5.41, 5.74) is 7.57. The molecule has 0 amide bonds. The van der Waals surface area contributed by atoms with E-state index in [0.717, 1.165) is 6.42 Å². The van der Waals surface area contributed by atoms with Gasteiger partial charge in [-0.1, -0.05) is 18.2 Å². The lowest BCUT2D eigenvalue weighted by Crippen LogP contribution is -2.36. The fraction of sp³-hybridized carbons (Fsp3) is 0.625. The molecule has 1 aromatic rings. The highest BCUT2D eigenvalue weighted by Crippen LogP contribution is 2.47. The average Bonchev–Trinajstić information content (AvgIpc) is 2.56. The molecule has 0 bridgehead atoms. The standard InChI is InChI=1S/C16H25NOS/c1-15(2)10-12(16(3,4)18-15)14(17)11-8-6-7-9-13(11)19-5/h6-9,12,14H,10,17H2,1-5H3. The molecule has 3 heteroatoms. The smallest absolute Gasteiger partial charge is 0.0680 e. The molecule has 1 aliphatic rings. The van der Waals surface area contributed by atoms with Crippen molar-refractivity contribution in [3.63, 3.8) is 0 Å². The minimum Gasteiger partial charge on any atom is -0.369 e. The van der Waals surface area contributed by atoms with Gasteiger partial charge in [0.05, 0.1) is 11.2 Å². The topological polar surface area (TPSA) is 35.2 Å². The first-order valence-electron chi connectivity index (χ1n) is 6.85. The highest BCUT2D eigenvalue weighted by Gasteiger charge is 2.48. The van der Waals surface area contributed by atoms with Gasteiger partial charge in [0.25, 0.3) is 0 Å². The van der Waals surface area contributed by atoms with E-state index in [1.165, 1.54) is 10.5 Å². The van der Waals surface area contributed by atoms with Crippen molar-refractivity contribution >= 4 is 11.8 Å². The Morgan fingerprint density at radius 2 is 1.89 bits per heavy atom. The summed E-state index contributed by atoms with van der Waals surface area (Å²) in [6.45, 7) is 8.63. The van der Waals surface area contributed by atoms with Gasteiger partial charge in [0.2, 0.25) is 0 Å². The van der Waals surface area contributed by atoms with Crippen molar-refractivity contribution in [2.45, 2.75) is 56.3 Å². The molecule has 0 spiro atoms. The summed E-state index contributed by atoms with van der Waals surface area (Å²) < 4.78 is 6.18. The van der Waals surface area contributed by atoms with E-state index in [1.54, 1.807) is 11.8 Å². The van der Waals surface area contributed by atoms with Gasteiger partial charge >= 0.3 is 0 Å². The highest BCUT2D eigenvalue weighted by atomic mass is 32.2. The molecule has 0 radical (unpaired) electrons.